The fraction of sp³-hybridized carbons (Fsp3) is 0.750. The molecule has 26 heavy (non-hydrogen) atoms. The average Bonchev–Trinajstić information content (AvgIpc) is 2.84. The summed E-state index contributed by atoms with van der Waals surface area (Å²) >= 11 is 0. The van der Waals surface area contributed by atoms with Gasteiger partial charge in [0.2, 0.25) is 0 Å². The summed E-state index contributed by atoms with van der Waals surface area (Å²) in [7, 11) is -4.85. The first-order valence-electron chi connectivity index (χ1n) is 7.94. The van der Waals surface area contributed by atoms with Gasteiger partial charge in [0.1, 0.15) is 12.1 Å². The van der Waals surface area contributed by atoms with Gasteiger partial charge in [-0.1, -0.05) is 0 Å². The summed E-state index contributed by atoms with van der Waals surface area (Å²) in [5.41, 5.74) is 4.53. The van der Waals surface area contributed by atoms with E-state index in [1.807, 2.05) is 0 Å². The van der Waals surface area contributed by atoms with Crippen molar-refractivity contribution < 1.29 is 36.4 Å². The number of piperidine rings is 1. The Kier molecular flexibility index (Phi) is 5.29. The number of carbonyl (C=O) groups excluding carboxylic acids is 3. The number of hydrogen-bond acceptors (Lipinski definition) is 8. The van der Waals surface area contributed by atoms with Crippen LogP contribution in [-0.4, -0.2) is 85.2 Å². The third-order valence-corrected chi connectivity index (χ3v) is 4.70. The summed E-state index contributed by atoms with van der Waals surface area (Å²) in [6.07, 6.45) is 0.538. The van der Waals surface area contributed by atoms with E-state index in [0.29, 0.717) is 24.6 Å². The number of fused-ring (bicyclic) bond motifs is 2. The number of nitrogens with one attached hydrogen (secondary N) is 3. The van der Waals surface area contributed by atoms with Gasteiger partial charge in [-0.25, -0.2) is 4.79 Å². The molecule has 0 aromatic heterocycles. The second-order valence-corrected chi connectivity index (χ2v) is 7.07. The van der Waals surface area contributed by atoms with Crippen LogP contribution >= 0.6 is 0 Å². The first-order chi connectivity index (χ1) is 12.3. The average molecular weight is 393 g/mol. The van der Waals surface area contributed by atoms with E-state index in [9.17, 15) is 22.8 Å². The summed E-state index contributed by atoms with van der Waals surface area (Å²) in [5.74, 6) is -1.09. The van der Waals surface area contributed by atoms with Crippen molar-refractivity contribution in [1.82, 2.24) is 26.1 Å². The van der Waals surface area contributed by atoms with Crippen molar-refractivity contribution in [2.24, 2.45) is 0 Å². The lowest BCUT2D eigenvalue weighted by Crippen LogP contribution is -2.58. The Hall–Kier alpha value is -2.00. The number of morpholine rings is 1. The molecule has 146 valence electrons. The summed E-state index contributed by atoms with van der Waals surface area (Å²) in [6, 6.07) is -2.93. The number of hydrogen-bond donors (Lipinski definition) is 4. The summed E-state index contributed by atoms with van der Waals surface area (Å²) in [4.78, 5) is 37.6. The molecule has 0 saturated carbocycles. The molecule has 3 heterocycles. The maximum absolute atomic E-state index is 12.3. The molecular formula is C12H19N5O8S. The molecule has 13 nitrogen and oxygen atoms in total. The van der Waals surface area contributed by atoms with Crippen LogP contribution in [0.3, 0.4) is 0 Å². The van der Waals surface area contributed by atoms with Crippen LogP contribution in [0.2, 0.25) is 0 Å². The Balaban J connectivity index is 1.56. The number of rotatable bonds is 4. The number of hydroxylamine groups is 2. The first-order valence-corrected chi connectivity index (χ1v) is 9.30. The lowest BCUT2D eigenvalue weighted by Gasteiger charge is -2.29. The van der Waals surface area contributed by atoms with Crippen LogP contribution in [0, 0.1) is 0 Å². The van der Waals surface area contributed by atoms with Gasteiger partial charge >= 0.3 is 16.4 Å². The highest BCUT2D eigenvalue weighted by Crippen LogP contribution is 2.30. The van der Waals surface area contributed by atoms with Crippen LogP contribution in [0.1, 0.15) is 12.8 Å². The van der Waals surface area contributed by atoms with Crippen LogP contribution in [-0.2, 0) is 29.0 Å². The highest BCUT2D eigenvalue weighted by atomic mass is 32.3. The molecule has 2 bridgehead atoms. The van der Waals surface area contributed by atoms with E-state index in [-0.39, 0.29) is 19.6 Å². The SMILES string of the molecule is O=C(NNC(=O)[C@@H]1CC[C@H]2CN1C(=O)N2OS(=O)(=O)O)[C@@H]1COCCN1. The van der Waals surface area contributed by atoms with Gasteiger partial charge in [-0.3, -0.25) is 25.0 Å². The van der Waals surface area contributed by atoms with Gasteiger partial charge in [0.15, 0.2) is 0 Å². The molecule has 4 amide bonds. The van der Waals surface area contributed by atoms with Crippen molar-refractivity contribution in [2.75, 3.05) is 26.3 Å². The number of ether oxygens (including phenoxy) is 1. The Morgan fingerprint density at radius 3 is 2.65 bits per heavy atom. The van der Waals surface area contributed by atoms with E-state index in [2.05, 4.69) is 20.5 Å². The minimum absolute atomic E-state index is 0.0679. The zero-order chi connectivity index (χ0) is 18.9. The van der Waals surface area contributed by atoms with Crippen LogP contribution in [0.15, 0.2) is 0 Å². The van der Waals surface area contributed by atoms with Crippen molar-refractivity contribution in [1.29, 1.82) is 0 Å². The van der Waals surface area contributed by atoms with Gasteiger partial charge in [-0.05, 0) is 12.8 Å². The molecule has 3 rings (SSSR count). The minimum atomic E-state index is -4.85. The maximum atomic E-state index is 12.3. The third kappa shape index (κ3) is 4.04. The maximum Gasteiger partial charge on any atom is 0.418 e. The molecule has 4 N–H and O–H groups in total. The van der Waals surface area contributed by atoms with Gasteiger partial charge < -0.3 is 15.0 Å². The fourth-order valence-electron chi connectivity index (χ4n) is 3.13. The fourth-order valence-corrected chi connectivity index (χ4v) is 3.52. The molecule has 3 saturated heterocycles. The zero-order valence-electron chi connectivity index (χ0n) is 13.6. The second-order valence-electron chi connectivity index (χ2n) is 6.07. The van der Waals surface area contributed by atoms with Gasteiger partial charge in [0.05, 0.1) is 19.3 Å². The van der Waals surface area contributed by atoms with Gasteiger partial charge in [-0.2, -0.15) is 13.5 Å². The molecule has 0 spiro atoms. The molecule has 0 radical (unpaired) electrons. The van der Waals surface area contributed by atoms with Gasteiger partial charge in [-0.15, -0.1) is 4.28 Å². The first kappa shape index (κ1) is 18.8. The van der Waals surface area contributed by atoms with Crippen molar-refractivity contribution in [3.8, 4) is 0 Å². The molecule has 0 unspecified atom stereocenters. The predicted molar refractivity (Wildman–Crippen MR) is 82.3 cm³/mol. The predicted octanol–water partition coefficient (Wildman–Crippen LogP) is -2.87. The molecule has 3 aliphatic rings. The van der Waals surface area contributed by atoms with Crippen molar-refractivity contribution in [3.63, 3.8) is 0 Å². The molecule has 0 aromatic carbocycles. The largest absolute Gasteiger partial charge is 0.418 e. The van der Waals surface area contributed by atoms with Crippen LogP contribution < -0.4 is 16.2 Å². The van der Waals surface area contributed by atoms with Crippen LogP contribution in [0.5, 0.6) is 0 Å². The highest BCUT2D eigenvalue weighted by molar-refractivity contribution is 7.80. The number of nitrogens with zero attached hydrogens (tertiary/aromatic N) is 2. The summed E-state index contributed by atoms with van der Waals surface area (Å²) in [5, 5.41) is 3.47. The molecule has 0 aliphatic carbocycles. The van der Waals surface area contributed by atoms with E-state index < -0.39 is 46.4 Å². The number of amides is 4. The molecular weight excluding hydrogens is 374 g/mol. The van der Waals surface area contributed by atoms with Crippen LogP contribution in [0.25, 0.3) is 0 Å². The standard InChI is InChI=1S/C12H19N5O8S/c18-10(8-6-24-4-3-13-8)14-15-11(19)9-2-1-7-5-16(9)12(20)17(7)25-26(21,22)23/h7-9,13H,1-6H2,(H,14,18)(H,15,19)(H,21,22,23)/t7-,8-,9-/m0/s1. The van der Waals surface area contributed by atoms with E-state index in [0.717, 1.165) is 4.90 Å². The van der Waals surface area contributed by atoms with E-state index in [1.165, 1.54) is 0 Å². The minimum Gasteiger partial charge on any atom is -0.378 e. The van der Waals surface area contributed by atoms with E-state index in [1.54, 1.807) is 0 Å². The Bertz CT molecular complexity index is 694. The topological polar surface area (TPSA) is 167 Å². The van der Waals surface area contributed by atoms with Crippen molar-refractivity contribution in [2.45, 2.75) is 31.0 Å². The third-order valence-electron chi connectivity index (χ3n) is 4.35. The van der Waals surface area contributed by atoms with Crippen molar-refractivity contribution in [3.05, 3.63) is 0 Å². The Morgan fingerprint density at radius 1 is 1.27 bits per heavy atom. The smallest absolute Gasteiger partial charge is 0.378 e. The van der Waals surface area contributed by atoms with Crippen LogP contribution in [0.4, 0.5) is 4.79 Å². The highest BCUT2D eigenvalue weighted by Gasteiger charge is 2.49. The lowest BCUT2D eigenvalue weighted by atomic mass is 10.0. The quantitative estimate of drug-likeness (QED) is 0.290. The molecule has 3 fully saturated rings. The normalized spacial score (nSPS) is 28.8. The Labute approximate surface area is 148 Å². The molecule has 3 atom stereocenters. The van der Waals surface area contributed by atoms with Gasteiger partial charge in [0, 0.05) is 13.1 Å². The lowest BCUT2D eigenvalue weighted by molar-refractivity contribution is -0.134. The summed E-state index contributed by atoms with van der Waals surface area (Å²) in [6.45, 7) is 1.26. The monoisotopic (exact) mass is 393 g/mol. The number of urea groups is 1. The number of hydrazine groups is 1. The van der Waals surface area contributed by atoms with E-state index >= 15 is 0 Å². The zero-order valence-corrected chi connectivity index (χ0v) is 14.4. The molecule has 0 aromatic rings. The Morgan fingerprint density at radius 2 is 2.00 bits per heavy atom. The van der Waals surface area contributed by atoms with E-state index in [4.69, 9.17) is 9.29 Å². The van der Waals surface area contributed by atoms with Crippen molar-refractivity contribution >= 4 is 28.2 Å². The second kappa shape index (κ2) is 7.32. The molecule has 3 aliphatic heterocycles. The summed E-state index contributed by atoms with van der Waals surface area (Å²) < 4.78 is 39.9. The number of carbonyl (C=O) groups is 3. The molecule has 14 heteroatoms. The van der Waals surface area contributed by atoms with Gasteiger partial charge in [0.25, 0.3) is 11.8 Å².